The molecule has 1 amide bonds. The minimum absolute atomic E-state index is 0.00595. The molecule has 4 nitrogen and oxygen atoms in total. The maximum absolute atomic E-state index is 11.7. The van der Waals surface area contributed by atoms with Crippen LogP contribution >= 0.6 is 0 Å². The third kappa shape index (κ3) is 3.06. The van der Waals surface area contributed by atoms with Crippen molar-refractivity contribution in [3.05, 3.63) is 12.2 Å². The van der Waals surface area contributed by atoms with Gasteiger partial charge in [-0.05, 0) is 32.4 Å². The fourth-order valence-corrected chi connectivity index (χ4v) is 2.40. The maximum atomic E-state index is 11.7. The monoisotopic (exact) mass is 223 g/mol. The summed E-state index contributed by atoms with van der Waals surface area (Å²) in [4.78, 5) is 14.1. The highest BCUT2D eigenvalue weighted by atomic mass is 16.1. The van der Waals surface area contributed by atoms with Gasteiger partial charge in [-0.3, -0.25) is 4.79 Å². The number of nitrogens with zero attached hydrogens (tertiary/aromatic N) is 1. The summed E-state index contributed by atoms with van der Waals surface area (Å²) < 4.78 is 0. The number of carbonyl (C=O) groups excluding carboxylic acids is 1. The summed E-state index contributed by atoms with van der Waals surface area (Å²) in [5.41, 5.74) is 5.72. The molecule has 2 unspecified atom stereocenters. The number of amides is 1. The standard InChI is InChI=1S/C12H21N3O/c13-11-4-3-10(9-11)12(16)14-5-8-15-6-1-2-7-15/h3-4,10-11H,1-2,5-9,13H2,(H,14,16). The van der Waals surface area contributed by atoms with Crippen molar-refractivity contribution in [1.82, 2.24) is 10.2 Å². The van der Waals surface area contributed by atoms with Crippen LogP contribution in [-0.4, -0.2) is 43.0 Å². The number of hydrogen-bond donors (Lipinski definition) is 2. The number of nitrogens with two attached hydrogens (primary N) is 1. The Morgan fingerprint density at radius 2 is 2.12 bits per heavy atom. The van der Waals surface area contributed by atoms with Gasteiger partial charge < -0.3 is 16.0 Å². The van der Waals surface area contributed by atoms with Crippen LogP contribution in [-0.2, 0) is 4.79 Å². The molecule has 4 heteroatoms. The zero-order valence-electron chi connectivity index (χ0n) is 9.69. The summed E-state index contributed by atoms with van der Waals surface area (Å²) in [6.07, 6.45) is 7.21. The van der Waals surface area contributed by atoms with Crippen LogP contribution in [0.1, 0.15) is 19.3 Å². The molecule has 0 aromatic carbocycles. The predicted molar refractivity (Wildman–Crippen MR) is 63.9 cm³/mol. The predicted octanol–water partition coefficient (Wildman–Crippen LogP) is 0.102. The van der Waals surface area contributed by atoms with E-state index in [1.54, 1.807) is 0 Å². The third-order valence-corrected chi connectivity index (χ3v) is 3.38. The van der Waals surface area contributed by atoms with E-state index >= 15 is 0 Å². The van der Waals surface area contributed by atoms with Crippen LogP contribution in [0.25, 0.3) is 0 Å². The van der Waals surface area contributed by atoms with E-state index in [4.69, 9.17) is 5.73 Å². The summed E-state index contributed by atoms with van der Waals surface area (Å²) in [6.45, 7) is 4.11. The van der Waals surface area contributed by atoms with E-state index < -0.39 is 0 Å². The lowest BCUT2D eigenvalue weighted by atomic mass is 10.1. The average molecular weight is 223 g/mol. The molecule has 2 atom stereocenters. The molecule has 0 bridgehead atoms. The Labute approximate surface area is 96.9 Å². The van der Waals surface area contributed by atoms with Gasteiger partial charge in [-0.1, -0.05) is 12.2 Å². The molecule has 2 rings (SSSR count). The molecular formula is C12H21N3O. The average Bonchev–Trinajstić information content (AvgIpc) is 2.89. The first-order valence-electron chi connectivity index (χ1n) is 6.19. The smallest absolute Gasteiger partial charge is 0.227 e. The van der Waals surface area contributed by atoms with Gasteiger partial charge in [0.15, 0.2) is 0 Å². The van der Waals surface area contributed by atoms with Crippen molar-refractivity contribution in [1.29, 1.82) is 0 Å². The molecule has 1 fully saturated rings. The number of nitrogens with one attached hydrogen (secondary N) is 1. The first kappa shape index (κ1) is 11.6. The highest BCUT2D eigenvalue weighted by Gasteiger charge is 2.22. The minimum atomic E-state index is -0.00595. The van der Waals surface area contributed by atoms with Crippen molar-refractivity contribution in [2.45, 2.75) is 25.3 Å². The Kier molecular flexibility index (Phi) is 3.96. The number of likely N-dealkylation sites (tertiary alicyclic amines) is 1. The molecule has 0 saturated carbocycles. The molecule has 3 N–H and O–H groups in total. The first-order chi connectivity index (χ1) is 7.75. The van der Waals surface area contributed by atoms with Crippen molar-refractivity contribution in [3.63, 3.8) is 0 Å². The molecule has 1 saturated heterocycles. The normalized spacial score (nSPS) is 29.8. The van der Waals surface area contributed by atoms with Crippen LogP contribution in [0.2, 0.25) is 0 Å². The molecule has 1 aliphatic heterocycles. The fourth-order valence-electron chi connectivity index (χ4n) is 2.40. The van der Waals surface area contributed by atoms with Gasteiger partial charge in [0.05, 0.1) is 5.92 Å². The Morgan fingerprint density at radius 3 is 2.75 bits per heavy atom. The van der Waals surface area contributed by atoms with Gasteiger partial charge in [0.25, 0.3) is 0 Å². The molecule has 0 aromatic heterocycles. The maximum Gasteiger partial charge on any atom is 0.227 e. The number of carbonyl (C=O) groups is 1. The van der Waals surface area contributed by atoms with Crippen LogP contribution in [0, 0.1) is 5.92 Å². The van der Waals surface area contributed by atoms with E-state index in [1.807, 2.05) is 12.2 Å². The van der Waals surface area contributed by atoms with E-state index in [9.17, 15) is 4.79 Å². The second kappa shape index (κ2) is 5.46. The van der Waals surface area contributed by atoms with E-state index in [0.29, 0.717) is 0 Å². The van der Waals surface area contributed by atoms with Gasteiger partial charge in [-0.15, -0.1) is 0 Å². The molecule has 1 aliphatic carbocycles. The minimum Gasteiger partial charge on any atom is -0.354 e. The zero-order valence-corrected chi connectivity index (χ0v) is 9.69. The summed E-state index contributed by atoms with van der Waals surface area (Å²) >= 11 is 0. The van der Waals surface area contributed by atoms with E-state index in [-0.39, 0.29) is 17.9 Å². The molecule has 90 valence electrons. The van der Waals surface area contributed by atoms with Gasteiger partial charge in [0, 0.05) is 19.1 Å². The second-order valence-corrected chi connectivity index (χ2v) is 4.73. The molecule has 2 aliphatic rings. The highest BCUT2D eigenvalue weighted by molar-refractivity contribution is 5.81. The van der Waals surface area contributed by atoms with Gasteiger partial charge in [-0.25, -0.2) is 0 Å². The Balaban J connectivity index is 1.62. The quantitative estimate of drug-likeness (QED) is 0.665. The topological polar surface area (TPSA) is 58.4 Å². The van der Waals surface area contributed by atoms with Crippen molar-refractivity contribution in [2.24, 2.45) is 11.7 Å². The van der Waals surface area contributed by atoms with Crippen LogP contribution in [0.3, 0.4) is 0 Å². The van der Waals surface area contributed by atoms with Gasteiger partial charge in [0.2, 0.25) is 5.91 Å². The Morgan fingerprint density at radius 1 is 1.38 bits per heavy atom. The lowest BCUT2D eigenvalue weighted by molar-refractivity contribution is -0.123. The van der Waals surface area contributed by atoms with E-state index in [1.165, 1.54) is 25.9 Å². The Hall–Kier alpha value is -0.870. The van der Waals surface area contributed by atoms with Crippen molar-refractivity contribution < 1.29 is 4.79 Å². The van der Waals surface area contributed by atoms with Crippen LogP contribution in [0.4, 0.5) is 0 Å². The van der Waals surface area contributed by atoms with Gasteiger partial charge >= 0.3 is 0 Å². The highest BCUT2D eigenvalue weighted by Crippen LogP contribution is 2.16. The third-order valence-electron chi connectivity index (χ3n) is 3.38. The lowest BCUT2D eigenvalue weighted by Crippen LogP contribution is -2.36. The van der Waals surface area contributed by atoms with Crippen LogP contribution in [0.15, 0.2) is 12.2 Å². The summed E-state index contributed by atoms with van der Waals surface area (Å²) in [6, 6.07) is 0.0642. The second-order valence-electron chi connectivity index (χ2n) is 4.73. The summed E-state index contributed by atoms with van der Waals surface area (Å²) in [5, 5.41) is 2.98. The molecule has 1 heterocycles. The number of hydrogen-bond acceptors (Lipinski definition) is 3. The van der Waals surface area contributed by atoms with E-state index in [2.05, 4.69) is 10.2 Å². The molecule has 0 aromatic rings. The summed E-state index contributed by atoms with van der Waals surface area (Å²) in [5.74, 6) is 0.122. The summed E-state index contributed by atoms with van der Waals surface area (Å²) in [7, 11) is 0. The van der Waals surface area contributed by atoms with Crippen molar-refractivity contribution >= 4 is 5.91 Å². The first-order valence-corrected chi connectivity index (χ1v) is 6.19. The van der Waals surface area contributed by atoms with Crippen LogP contribution in [0.5, 0.6) is 0 Å². The Bertz CT molecular complexity index is 271. The van der Waals surface area contributed by atoms with Gasteiger partial charge in [-0.2, -0.15) is 0 Å². The largest absolute Gasteiger partial charge is 0.354 e. The fraction of sp³-hybridized carbons (Fsp3) is 0.750. The molecular weight excluding hydrogens is 202 g/mol. The number of rotatable bonds is 4. The molecule has 0 spiro atoms. The molecule has 0 radical (unpaired) electrons. The van der Waals surface area contributed by atoms with Gasteiger partial charge in [0.1, 0.15) is 0 Å². The van der Waals surface area contributed by atoms with Crippen LogP contribution < -0.4 is 11.1 Å². The van der Waals surface area contributed by atoms with E-state index in [0.717, 1.165) is 19.5 Å². The molecule has 16 heavy (non-hydrogen) atoms. The van der Waals surface area contributed by atoms with Crippen molar-refractivity contribution in [2.75, 3.05) is 26.2 Å². The SMILES string of the molecule is NC1C=CC(C(=O)NCCN2CCCC2)C1. The van der Waals surface area contributed by atoms with Crippen molar-refractivity contribution in [3.8, 4) is 0 Å². The lowest BCUT2D eigenvalue weighted by Gasteiger charge is -2.16. The zero-order chi connectivity index (χ0) is 11.4.